The summed E-state index contributed by atoms with van der Waals surface area (Å²) < 4.78 is 34.4. The Labute approximate surface area is 120 Å². The third-order valence-corrected chi connectivity index (χ3v) is 7.07. The SMILES string of the molecule is CCOCCOCCC(=O)C1CC2CCC(C1)S2(=O)=O. The summed E-state index contributed by atoms with van der Waals surface area (Å²) in [6, 6.07) is 0. The van der Waals surface area contributed by atoms with Crippen LogP contribution in [0.15, 0.2) is 0 Å². The van der Waals surface area contributed by atoms with Crippen LogP contribution in [0.3, 0.4) is 0 Å². The first-order valence-corrected chi connectivity index (χ1v) is 9.07. The Kier molecular flexibility index (Phi) is 5.57. The molecule has 2 unspecified atom stereocenters. The first kappa shape index (κ1) is 15.9. The highest BCUT2D eigenvalue weighted by Crippen LogP contribution is 2.41. The van der Waals surface area contributed by atoms with Gasteiger partial charge < -0.3 is 9.47 Å². The fourth-order valence-electron chi connectivity index (χ4n) is 3.21. The molecule has 0 spiro atoms. The zero-order valence-electron chi connectivity index (χ0n) is 12.0. The van der Waals surface area contributed by atoms with Crippen molar-refractivity contribution in [2.75, 3.05) is 26.4 Å². The monoisotopic (exact) mass is 304 g/mol. The van der Waals surface area contributed by atoms with E-state index in [9.17, 15) is 13.2 Å². The van der Waals surface area contributed by atoms with Crippen LogP contribution in [0.4, 0.5) is 0 Å². The van der Waals surface area contributed by atoms with Gasteiger partial charge in [-0.2, -0.15) is 0 Å². The maximum Gasteiger partial charge on any atom is 0.156 e. The molecule has 2 bridgehead atoms. The van der Waals surface area contributed by atoms with Crippen molar-refractivity contribution in [3.63, 3.8) is 0 Å². The van der Waals surface area contributed by atoms with Crippen molar-refractivity contribution in [1.29, 1.82) is 0 Å². The summed E-state index contributed by atoms with van der Waals surface area (Å²) in [5.74, 6) is 0.0831. The molecule has 2 atom stereocenters. The highest BCUT2D eigenvalue weighted by Gasteiger charge is 2.48. The Bertz CT molecular complexity index is 411. The predicted octanol–water partition coefficient (Wildman–Crippen LogP) is 1.35. The number of hydrogen-bond acceptors (Lipinski definition) is 5. The molecular weight excluding hydrogens is 280 g/mol. The molecule has 2 fully saturated rings. The van der Waals surface area contributed by atoms with Crippen LogP contribution in [0.5, 0.6) is 0 Å². The summed E-state index contributed by atoms with van der Waals surface area (Å²) in [4.78, 5) is 12.1. The van der Waals surface area contributed by atoms with Crippen LogP contribution in [-0.4, -0.2) is 51.1 Å². The molecule has 2 aliphatic heterocycles. The Morgan fingerprint density at radius 3 is 2.25 bits per heavy atom. The Morgan fingerprint density at radius 1 is 1.05 bits per heavy atom. The third-order valence-electron chi connectivity index (χ3n) is 4.36. The van der Waals surface area contributed by atoms with Gasteiger partial charge in [-0.15, -0.1) is 0 Å². The van der Waals surface area contributed by atoms with E-state index in [0.717, 1.165) is 12.8 Å². The van der Waals surface area contributed by atoms with Crippen LogP contribution in [-0.2, 0) is 24.1 Å². The topological polar surface area (TPSA) is 69.7 Å². The highest BCUT2D eigenvalue weighted by molar-refractivity contribution is 7.93. The van der Waals surface area contributed by atoms with Gasteiger partial charge in [0.25, 0.3) is 0 Å². The average Bonchev–Trinajstić information content (AvgIpc) is 2.61. The highest BCUT2D eigenvalue weighted by atomic mass is 32.2. The van der Waals surface area contributed by atoms with Crippen molar-refractivity contribution >= 4 is 15.6 Å². The van der Waals surface area contributed by atoms with Crippen molar-refractivity contribution < 1.29 is 22.7 Å². The second-order valence-corrected chi connectivity index (χ2v) is 8.12. The van der Waals surface area contributed by atoms with Gasteiger partial charge in [0.1, 0.15) is 5.78 Å². The molecule has 0 radical (unpaired) electrons. The normalized spacial score (nSPS) is 31.4. The molecule has 0 aliphatic carbocycles. The Balaban J connectivity index is 1.70. The summed E-state index contributed by atoms with van der Waals surface area (Å²) in [6.07, 6.45) is 2.91. The summed E-state index contributed by atoms with van der Waals surface area (Å²) >= 11 is 0. The summed E-state index contributed by atoms with van der Waals surface area (Å²) in [5, 5.41) is -0.539. The van der Waals surface area contributed by atoms with Crippen LogP contribution in [0.2, 0.25) is 0 Å². The maximum absolute atomic E-state index is 12.1. The van der Waals surface area contributed by atoms with Crippen LogP contribution in [0.25, 0.3) is 0 Å². The number of hydrogen-bond donors (Lipinski definition) is 0. The van der Waals surface area contributed by atoms with Crippen molar-refractivity contribution in [3.05, 3.63) is 0 Å². The number of ether oxygens (including phenoxy) is 2. The van der Waals surface area contributed by atoms with Crippen LogP contribution in [0, 0.1) is 5.92 Å². The number of sulfone groups is 1. The van der Waals surface area contributed by atoms with Gasteiger partial charge in [-0.05, 0) is 32.6 Å². The molecule has 0 aromatic heterocycles. The first-order valence-electron chi connectivity index (χ1n) is 7.46. The number of rotatable bonds is 8. The van der Waals surface area contributed by atoms with Gasteiger partial charge >= 0.3 is 0 Å². The molecule has 0 amide bonds. The molecule has 5 nitrogen and oxygen atoms in total. The summed E-state index contributed by atoms with van der Waals surface area (Å²) in [5.41, 5.74) is 0. The minimum Gasteiger partial charge on any atom is -0.379 e. The van der Waals surface area contributed by atoms with Gasteiger partial charge in [0.2, 0.25) is 0 Å². The van der Waals surface area contributed by atoms with Gasteiger partial charge in [-0.25, -0.2) is 8.42 Å². The zero-order valence-corrected chi connectivity index (χ0v) is 12.9. The van der Waals surface area contributed by atoms with Gasteiger partial charge in [0.05, 0.1) is 30.3 Å². The molecule has 2 aliphatic rings. The van der Waals surface area contributed by atoms with E-state index in [4.69, 9.17) is 9.47 Å². The molecule has 116 valence electrons. The van der Waals surface area contributed by atoms with E-state index in [1.165, 1.54) is 0 Å². The van der Waals surface area contributed by atoms with E-state index in [0.29, 0.717) is 45.7 Å². The molecule has 20 heavy (non-hydrogen) atoms. The maximum atomic E-state index is 12.1. The van der Waals surface area contributed by atoms with E-state index >= 15 is 0 Å². The summed E-state index contributed by atoms with van der Waals surface area (Å²) in [7, 11) is -2.93. The van der Waals surface area contributed by atoms with E-state index in [-0.39, 0.29) is 22.2 Å². The molecular formula is C14H24O5S. The van der Waals surface area contributed by atoms with Crippen LogP contribution >= 0.6 is 0 Å². The third kappa shape index (κ3) is 3.59. The van der Waals surface area contributed by atoms with Crippen molar-refractivity contribution in [2.24, 2.45) is 5.92 Å². The fraction of sp³-hybridized carbons (Fsp3) is 0.929. The number of carbonyl (C=O) groups excluding carboxylic acids is 1. The molecule has 6 heteroatoms. The lowest BCUT2D eigenvalue weighted by Gasteiger charge is -2.26. The van der Waals surface area contributed by atoms with Crippen molar-refractivity contribution in [2.45, 2.75) is 49.5 Å². The first-order chi connectivity index (χ1) is 9.55. The predicted molar refractivity (Wildman–Crippen MR) is 75.4 cm³/mol. The lowest BCUT2D eigenvalue weighted by molar-refractivity contribution is -0.124. The fourth-order valence-corrected chi connectivity index (χ4v) is 5.69. The standard InChI is InChI=1S/C14H24O5S/c1-2-18-7-8-19-6-5-14(15)11-9-12-3-4-13(10-11)20(12,16)17/h11-13H,2-10H2,1H3. The van der Waals surface area contributed by atoms with E-state index in [1.807, 2.05) is 6.92 Å². The number of carbonyl (C=O) groups is 1. The molecule has 2 saturated heterocycles. The number of Topliss-reactive ketones (excluding diaryl/α,β-unsaturated/α-hetero) is 1. The lowest BCUT2D eigenvalue weighted by Crippen LogP contribution is -2.36. The van der Waals surface area contributed by atoms with Crippen LogP contribution < -0.4 is 0 Å². The van der Waals surface area contributed by atoms with E-state index in [1.54, 1.807) is 0 Å². The minimum absolute atomic E-state index is 0.0773. The molecule has 2 heterocycles. The van der Waals surface area contributed by atoms with Gasteiger partial charge in [-0.1, -0.05) is 0 Å². The van der Waals surface area contributed by atoms with Crippen LogP contribution in [0.1, 0.15) is 39.0 Å². The zero-order chi connectivity index (χ0) is 14.6. The molecule has 0 N–H and O–H groups in total. The quantitative estimate of drug-likeness (QED) is 0.633. The van der Waals surface area contributed by atoms with Gasteiger partial charge in [0, 0.05) is 18.9 Å². The van der Waals surface area contributed by atoms with E-state index in [2.05, 4.69) is 0 Å². The Hall–Kier alpha value is -0.460. The number of ketones is 1. The van der Waals surface area contributed by atoms with Gasteiger partial charge in [0.15, 0.2) is 9.84 Å². The second kappa shape index (κ2) is 7.00. The van der Waals surface area contributed by atoms with E-state index < -0.39 is 9.84 Å². The lowest BCUT2D eigenvalue weighted by atomic mass is 9.93. The second-order valence-electron chi connectivity index (χ2n) is 5.60. The van der Waals surface area contributed by atoms with Gasteiger partial charge in [-0.3, -0.25) is 4.79 Å². The Morgan fingerprint density at radius 2 is 1.65 bits per heavy atom. The molecule has 0 aromatic rings. The molecule has 2 rings (SSSR count). The smallest absolute Gasteiger partial charge is 0.156 e. The van der Waals surface area contributed by atoms with Crippen molar-refractivity contribution in [1.82, 2.24) is 0 Å². The molecule has 0 saturated carbocycles. The number of fused-ring (bicyclic) bond motifs is 2. The van der Waals surface area contributed by atoms with Crippen molar-refractivity contribution in [3.8, 4) is 0 Å². The average molecular weight is 304 g/mol. The minimum atomic E-state index is -2.93. The largest absolute Gasteiger partial charge is 0.379 e. The molecule has 0 aromatic carbocycles. The summed E-state index contributed by atoms with van der Waals surface area (Å²) in [6.45, 7) is 4.06.